The summed E-state index contributed by atoms with van der Waals surface area (Å²) in [5.74, 6) is -0.713. The minimum atomic E-state index is -0.483. The number of hydrogen-bond donors (Lipinski definition) is 2. The number of hydrogen-bond acceptors (Lipinski definition) is 3. The first-order chi connectivity index (χ1) is 9.63. The topological polar surface area (TPSA) is 64.3 Å². The number of nitrogens with one attached hydrogen (secondary N) is 1. The zero-order valence-corrected chi connectivity index (χ0v) is 12.0. The Hall–Kier alpha value is -1.62. The maximum absolute atomic E-state index is 13.4. The van der Waals surface area contributed by atoms with E-state index in [0.717, 1.165) is 25.9 Å². The summed E-state index contributed by atoms with van der Waals surface area (Å²) in [6.07, 6.45) is 4.31. The van der Waals surface area contributed by atoms with Crippen LogP contribution in [0.25, 0.3) is 0 Å². The molecule has 3 N–H and O–H groups in total. The summed E-state index contributed by atoms with van der Waals surface area (Å²) in [5.41, 5.74) is 6.09. The first-order valence-corrected chi connectivity index (χ1v) is 7.06. The maximum atomic E-state index is 13.4. The monoisotopic (exact) mass is 282 g/mol. The number of ether oxygens (including phenoxy) is 1. The highest BCUT2D eigenvalue weighted by Crippen LogP contribution is 2.17. The second-order valence-corrected chi connectivity index (χ2v) is 4.71. The lowest BCUT2D eigenvalue weighted by Gasteiger charge is -2.07. The van der Waals surface area contributed by atoms with E-state index < -0.39 is 5.82 Å². The van der Waals surface area contributed by atoms with E-state index in [-0.39, 0.29) is 11.6 Å². The van der Waals surface area contributed by atoms with Gasteiger partial charge in [0.2, 0.25) is 5.91 Å². The molecular formula is C15H23FN2O2. The van der Waals surface area contributed by atoms with Crippen LogP contribution in [0.4, 0.5) is 15.8 Å². The molecule has 0 bridgehead atoms. The van der Waals surface area contributed by atoms with Gasteiger partial charge in [-0.25, -0.2) is 4.39 Å². The quantitative estimate of drug-likeness (QED) is 0.539. The van der Waals surface area contributed by atoms with Crippen molar-refractivity contribution in [2.75, 3.05) is 24.3 Å². The van der Waals surface area contributed by atoms with E-state index in [1.54, 1.807) is 0 Å². The Morgan fingerprint density at radius 2 is 2.05 bits per heavy atom. The van der Waals surface area contributed by atoms with Gasteiger partial charge in [-0.15, -0.1) is 0 Å². The molecule has 0 aromatic heterocycles. The largest absolute Gasteiger partial charge is 0.399 e. The third-order valence-electron chi connectivity index (χ3n) is 2.85. The molecule has 1 rings (SSSR count). The minimum absolute atomic E-state index is 0.124. The molecule has 0 aliphatic rings. The number of rotatable bonds is 9. The van der Waals surface area contributed by atoms with Crippen molar-refractivity contribution in [2.24, 2.45) is 0 Å². The van der Waals surface area contributed by atoms with E-state index in [9.17, 15) is 9.18 Å². The molecule has 1 aromatic carbocycles. The summed E-state index contributed by atoms with van der Waals surface area (Å²) >= 11 is 0. The van der Waals surface area contributed by atoms with E-state index in [0.29, 0.717) is 25.1 Å². The normalized spacial score (nSPS) is 10.5. The molecule has 0 saturated heterocycles. The van der Waals surface area contributed by atoms with Crippen LogP contribution in [0.3, 0.4) is 0 Å². The molecule has 5 heteroatoms. The number of benzene rings is 1. The molecule has 0 spiro atoms. The van der Waals surface area contributed by atoms with Crippen LogP contribution in [0, 0.1) is 5.82 Å². The van der Waals surface area contributed by atoms with Gasteiger partial charge in [0.15, 0.2) is 0 Å². The van der Waals surface area contributed by atoms with Crippen LogP contribution in [0.15, 0.2) is 18.2 Å². The average molecular weight is 282 g/mol. The van der Waals surface area contributed by atoms with Crippen molar-refractivity contribution in [1.82, 2.24) is 0 Å². The summed E-state index contributed by atoms with van der Waals surface area (Å²) < 4.78 is 18.8. The summed E-state index contributed by atoms with van der Waals surface area (Å²) in [7, 11) is 0. The fraction of sp³-hybridized carbons (Fsp3) is 0.533. The number of nitrogen functional groups attached to an aromatic ring is 1. The first-order valence-electron chi connectivity index (χ1n) is 7.06. The molecule has 0 aliphatic heterocycles. The SMILES string of the molecule is CCCCCOCCCC(=O)Nc1cc(N)ccc1F. The lowest BCUT2D eigenvalue weighted by atomic mass is 10.2. The van der Waals surface area contributed by atoms with Crippen LogP contribution in [0.2, 0.25) is 0 Å². The Bertz CT molecular complexity index is 424. The van der Waals surface area contributed by atoms with Crippen LogP contribution in [-0.2, 0) is 9.53 Å². The Morgan fingerprint density at radius 3 is 2.80 bits per heavy atom. The van der Waals surface area contributed by atoms with Gasteiger partial charge >= 0.3 is 0 Å². The van der Waals surface area contributed by atoms with E-state index in [2.05, 4.69) is 12.2 Å². The number of nitrogens with two attached hydrogens (primary N) is 1. The van der Waals surface area contributed by atoms with E-state index >= 15 is 0 Å². The van der Waals surface area contributed by atoms with Crippen molar-refractivity contribution >= 4 is 17.3 Å². The number of amides is 1. The summed E-state index contributed by atoms with van der Waals surface area (Å²) in [5, 5.41) is 2.51. The highest BCUT2D eigenvalue weighted by atomic mass is 19.1. The molecule has 112 valence electrons. The summed E-state index contributed by atoms with van der Waals surface area (Å²) in [4.78, 5) is 11.6. The Morgan fingerprint density at radius 1 is 1.30 bits per heavy atom. The second-order valence-electron chi connectivity index (χ2n) is 4.71. The summed E-state index contributed by atoms with van der Waals surface area (Å²) in [6.45, 7) is 3.43. The van der Waals surface area contributed by atoms with Gasteiger partial charge in [-0.05, 0) is 31.0 Å². The third-order valence-corrected chi connectivity index (χ3v) is 2.85. The Balaban J connectivity index is 2.19. The molecule has 4 nitrogen and oxygen atoms in total. The predicted octanol–water partition coefficient (Wildman–Crippen LogP) is 3.33. The number of anilines is 2. The summed E-state index contributed by atoms with van der Waals surface area (Å²) in [6, 6.07) is 4.10. The molecule has 20 heavy (non-hydrogen) atoms. The fourth-order valence-corrected chi connectivity index (χ4v) is 1.74. The highest BCUT2D eigenvalue weighted by Gasteiger charge is 2.07. The van der Waals surface area contributed by atoms with Crippen molar-refractivity contribution in [3.8, 4) is 0 Å². The molecule has 0 saturated carbocycles. The van der Waals surface area contributed by atoms with Gasteiger partial charge in [0, 0.05) is 25.3 Å². The van der Waals surface area contributed by atoms with Gasteiger partial charge < -0.3 is 15.8 Å². The smallest absolute Gasteiger partial charge is 0.224 e. The molecule has 1 amide bonds. The lowest BCUT2D eigenvalue weighted by Crippen LogP contribution is -2.13. The lowest BCUT2D eigenvalue weighted by molar-refractivity contribution is -0.116. The van der Waals surface area contributed by atoms with E-state index in [1.807, 2.05) is 0 Å². The standard InChI is InChI=1S/C15H23FN2O2/c1-2-3-4-9-20-10-5-6-15(19)18-14-11-12(17)7-8-13(14)16/h7-8,11H,2-6,9-10,17H2,1H3,(H,18,19). The predicted molar refractivity (Wildman–Crippen MR) is 79.0 cm³/mol. The van der Waals surface area contributed by atoms with Crippen LogP contribution in [0.5, 0.6) is 0 Å². The first kappa shape index (κ1) is 16.4. The zero-order chi connectivity index (χ0) is 14.8. The second kappa shape index (κ2) is 9.31. The third kappa shape index (κ3) is 6.52. The number of carbonyl (C=O) groups excluding carboxylic acids is 1. The number of unbranched alkanes of at least 4 members (excludes halogenated alkanes) is 2. The highest BCUT2D eigenvalue weighted by molar-refractivity contribution is 5.91. The van der Waals surface area contributed by atoms with Crippen molar-refractivity contribution in [3.63, 3.8) is 0 Å². The van der Waals surface area contributed by atoms with Crippen LogP contribution >= 0.6 is 0 Å². The number of carbonyl (C=O) groups is 1. The van der Waals surface area contributed by atoms with Crippen LogP contribution in [-0.4, -0.2) is 19.1 Å². The van der Waals surface area contributed by atoms with Gasteiger partial charge in [0.1, 0.15) is 5.82 Å². The van der Waals surface area contributed by atoms with Gasteiger partial charge in [0.25, 0.3) is 0 Å². The molecule has 0 aliphatic carbocycles. The molecule has 1 aromatic rings. The van der Waals surface area contributed by atoms with E-state index in [4.69, 9.17) is 10.5 Å². The molecule has 0 unspecified atom stereocenters. The molecule has 0 heterocycles. The van der Waals surface area contributed by atoms with Crippen molar-refractivity contribution in [2.45, 2.75) is 39.0 Å². The van der Waals surface area contributed by atoms with Gasteiger partial charge in [0.05, 0.1) is 5.69 Å². The maximum Gasteiger partial charge on any atom is 0.224 e. The van der Waals surface area contributed by atoms with Crippen molar-refractivity contribution < 1.29 is 13.9 Å². The van der Waals surface area contributed by atoms with Crippen molar-refractivity contribution in [3.05, 3.63) is 24.0 Å². The Kier molecular flexibility index (Phi) is 7.65. The van der Waals surface area contributed by atoms with Gasteiger partial charge in [-0.2, -0.15) is 0 Å². The van der Waals surface area contributed by atoms with Crippen LogP contribution in [0.1, 0.15) is 39.0 Å². The minimum Gasteiger partial charge on any atom is -0.399 e. The van der Waals surface area contributed by atoms with Crippen molar-refractivity contribution in [1.29, 1.82) is 0 Å². The Labute approximate surface area is 119 Å². The fourth-order valence-electron chi connectivity index (χ4n) is 1.74. The van der Waals surface area contributed by atoms with E-state index in [1.165, 1.54) is 18.2 Å². The van der Waals surface area contributed by atoms with Gasteiger partial charge in [-0.1, -0.05) is 19.8 Å². The molecule has 0 radical (unpaired) electrons. The molecular weight excluding hydrogens is 259 g/mol. The van der Waals surface area contributed by atoms with Crippen LogP contribution < -0.4 is 11.1 Å². The average Bonchev–Trinajstić information content (AvgIpc) is 2.42. The van der Waals surface area contributed by atoms with Gasteiger partial charge in [-0.3, -0.25) is 4.79 Å². The number of halogens is 1. The molecule has 0 fully saturated rings. The molecule has 0 atom stereocenters. The zero-order valence-electron chi connectivity index (χ0n) is 12.0.